The molecular formula is C23H20Br2F3IN4O8. The first-order valence-corrected chi connectivity index (χ1v) is 16.3. The molecule has 4 rings (SSSR count). The van der Waals surface area contributed by atoms with Crippen molar-refractivity contribution in [2.24, 2.45) is 0 Å². The van der Waals surface area contributed by atoms with Crippen LogP contribution in [0.4, 0.5) is 34.1 Å². The van der Waals surface area contributed by atoms with Crippen molar-refractivity contribution >= 4 is 81.6 Å². The molecule has 0 atom stereocenters. The van der Waals surface area contributed by atoms with Crippen LogP contribution in [0.1, 0.15) is 10.4 Å². The first-order valence-electron chi connectivity index (χ1n) is 10.6. The summed E-state index contributed by atoms with van der Waals surface area (Å²) >= 11 is 4.60. The van der Waals surface area contributed by atoms with Gasteiger partial charge in [0.1, 0.15) is 9.21 Å². The molecule has 0 fully saturated rings. The number of aromatic nitrogens is 2. The summed E-state index contributed by atoms with van der Waals surface area (Å²) in [6, 6.07) is 13.3. The number of alkyl halides is 4. The monoisotopic (exact) mass is 822 g/mol. The number of amides is 2. The number of hydroxylamine groups is 2. The Morgan fingerprint density at radius 2 is 1.46 bits per heavy atom. The van der Waals surface area contributed by atoms with Crippen LogP contribution in [0.15, 0.2) is 70.1 Å². The summed E-state index contributed by atoms with van der Waals surface area (Å²) in [6.07, 6.45) is -4.83. The summed E-state index contributed by atoms with van der Waals surface area (Å²) < 4.78 is 52.0. The number of benzene rings is 1. The van der Waals surface area contributed by atoms with Gasteiger partial charge in [0, 0.05) is 0 Å². The van der Waals surface area contributed by atoms with Crippen LogP contribution in [0.25, 0.3) is 0 Å². The fraction of sp³-hybridized carbons (Fsp3) is 0.174. The zero-order valence-electron chi connectivity index (χ0n) is 21.1. The third kappa shape index (κ3) is 10.7. The van der Waals surface area contributed by atoms with Gasteiger partial charge in [-0.3, -0.25) is 5.21 Å². The Labute approximate surface area is 255 Å². The molecule has 1 N–H and O–H groups in total. The molecule has 3 heterocycles. The molecule has 1 aromatic carbocycles. The summed E-state index contributed by atoms with van der Waals surface area (Å²) in [4.78, 5) is 46.1. The number of carbonyl (C=O) groups excluding carboxylic acids is 3. The molecular weight excluding hydrogens is 804 g/mol. The van der Waals surface area contributed by atoms with Crippen molar-refractivity contribution in [1.29, 1.82) is 0 Å². The number of methoxy groups -OCH3 is 2. The van der Waals surface area contributed by atoms with Gasteiger partial charge in [-0.25, -0.2) is 19.6 Å². The van der Waals surface area contributed by atoms with Crippen molar-refractivity contribution in [2.45, 2.75) is 6.36 Å². The van der Waals surface area contributed by atoms with Crippen LogP contribution in [0.3, 0.4) is 0 Å². The van der Waals surface area contributed by atoms with Crippen molar-refractivity contribution in [3.05, 3.63) is 79.3 Å². The standard InChI is InChI=1S/C8H6BrF3N2O3.C8H7IO2.C7H7BrN2O3/c1-16-7(15)14(17-8(10,11)12)5-2-3-6(9)13-4-5;1-9-7-5-3-2-4-6(7)8(10)11-9;1-13-7(11)10(12)5-2-3-6(8)9-4-5/h2-4H,1H3;2-5H,1H3;2-4,12H,1H3. The maximum absolute atomic E-state index is 12.1. The Balaban J connectivity index is 0.000000220. The minimum absolute atomic E-state index is 0.0422. The molecule has 0 aliphatic carbocycles. The molecule has 2 aromatic heterocycles. The number of anilines is 2. The number of hydrogen-bond acceptors (Lipinski definition) is 10. The average Bonchev–Trinajstić information content (AvgIpc) is 3.24. The fourth-order valence-corrected chi connectivity index (χ4v) is 6.08. The number of pyridine rings is 2. The van der Waals surface area contributed by atoms with Crippen molar-refractivity contribution in [1.82, 2.24) is 9.97 Å². The Kier molecular flexibility index (Phi) is 13.2. The second-order valence-electron chi connectivity index (χ2n) is 7.03. The van der Waals surface area contributed by atoms with Crippen molar-refractivity contribution < 1.29 is 50.1 Å². The molecule has 222 valence electrons. The van der Waals surface area contributed by atoms with E-state index in [1.807, 2.05) is 29.2 Å². The number of hydrogen-bond donors (Lipinski definition) is 1. The average molecular weight is 824 g/mol. The summed E-state index contributed by atoms with van der Waals surface area (Å²) in [5.41, 5.74) is 0.813. The summed E-state index contributed by atoms with van der Waals surface area (Å²) in [5, 5.41) is 9.52. The molecule has 18 heteroatoms. The van der Waals surface area contributed by atoms with Crippen molar-refractivity contribution in [2.75, 3.05) is 29.3 Å². The molecule has 12 nitrogen and oxygen atoms in total. The first-order chi connectivity index (χ1) is 19.3. The number of nitrogens with zero attached hydrogens (tertiary/aromatic N) is 4. The van der Waals surface area contributed by atoms with Gasteiger partial charge in [0.2, 0.25) is 0 Å². The van der Waals surface area contributed by atoms with Crippen LogP contribution >= 0.6 is 52.1 Å². The largest absolute Gasteiger partial charge is 0.544 e. The van der Waals surface area contributed by atoms with Crippen LogP contribution in [0, 0.1) is 3.57 Å². The van der Waals surface area contributed by atoms with Gasteiger partial charge in [0.25, 0.3) is 0 Å². The molecule has 2 amide bonds. The van der Waals surface area contributed by atoms with Gasteiger partial charge < -0.3 is 9.47 Å². The van der Waals surface area contributed by atoms with Crippen LogP contribution in [-0.4, -0.2) is 58.8 Å². The molecule has 0 radical (unpaired) electrons. The van der Waals surface area contributed by atoms with Crippen LogP contribution in [0.2, 0.25) is 0 Å². The Hall–Kier alpha value is -3.07. The number of ether oxygens (including phenoxy) is 2. The second-order valence-corrected chi connectivity index (χ2v) is 12.7. The van der Waals surface area contributed by atoms with Crippen LogP contribution in [0.5, 0.6) is 0 Å². The van der Waals surface area contributed by atoms with E-state index in [4.69, 9.17) is 3.07 Å². The molecule has 0 saturated carbocycles. The van der Waals surface area contributed by atoms with Gasteiger partial charge in [-0.2, -0.15) is 9.90 Å². The molecule has 0 spiro atoms. The third-order valence-electron chi connectivity index (χ3n) is 4.35. The van der Waals surface area contributed by atoms with Crippen LogP contribution in [-0.2, 0) is 17.4 Å². The Morgan fingerprint density at radius 3 is 1.93 bits per heavy atom. The van der Waals surface area contributed by atoms with E-state index in [9.17, 15) is 32.8 Å². The predicted octanol–water partition coefficient (Wildman–Crippen LogP) is 6.75. The summed E-state index contributed by atoms with van der Waals surface area (Å²) in [5.74, 6) is -0.131. The topological polar surface area (TPSA) is 141 Å². The zero-order valence-corrected chi connectivity index (χ0v) is 26.5. The Bertz CT molecular complexity index is 1340. The smallest absolute Gasteiger partial charge is 0.451 e. The molecule has 0 saturated heterocycles. The van der Waals surface area contributed by atoms with Gasteiger partial charge in [-0.15, -0.1) is 18.2 Å². The van der Waals surface area contributed by atoms with Gasteiger partial charge >= 0.3 is 90.9 Å². The quantitative estimate of drug-likeness (QED) is 0.0992. The van der Waals surface area contributed by atoms with Gasteiger partial charge in [0.15, 0.2) is 0 Å². The number of carbonyl (C=O) groups is 3. The second kappa shape index (κ2) is 15.8. The number of rotatable bonds is 3. The van der Waals surface area contributed by atoms with Gasteiger partial charge in [-0.05, 0) is 56.1 Å². The molecule has 3 aromatic rings. The van der Waals surface area contributed by atoms with E-state index in [0.717, 1.165) is 22.4 Å². The molecule has 41 heavy (non-hydrogen) atoms. The zero-order chi connectivity index (χ0) is 30.7. The normalized spacial score (nSPS) is 12.4. The maximum atomic E-state index is 12.1. The Morgan fingerprint density at radius 1 is 0.927 bits per heavy atom. The van der Waals surface area contributed by atoms with Gasteiger partial charge in [-0.1, -0.05) is 0 Å². The molecule has 1 aliphatic heterocycles. The van der Waals surface area contributed by atoms with E-state index in [-0.39, 0.29) is 22.4 Å². The first kappa shape index (κ1) is 34.1. The van der Waals surface area contributed by atoms with Crippen molar-refractivity contribution in [3.8, 4) is 0 Å². The van der Waals surface area contributed by atoms with Gasteiger partial charge in [0.05, 0.1) is 38.0 Å². The summed E-state index contributed by atoms with van der Waals surface area (Å²) in [7, 11) is 2.11. The van der Waals surface area contributed by atoms with Crippen LogP contribution < -0.4 is 10.1 Å². The maximum Gasteiger partial charge on any atom is 0.544 e. The van der Waals surface area contributed by atoms with E-state index in [0.29, 0.717) is 14.3 Å². The van der Waals surface area contributed by atoms with E-state index >= 15 is 0 Å². The predicted molar refractivity (Wildman–Crippen MR) is 153 cm³/mol. The third-order valence-corrected chi connectivity index (χ3v) is 8.93. The SMILES string of the molecule is CI1OC(=O)c2ccccc21.COC(=O)N(O)c1ccc(Br)nc1.COC(=O)N(OC(F)(F)F)c1ccc(Br)nc1. The van der Waals surface area contributed by atoms with Crippen molar-refractivity contribution in [3.63, 3.8) is 0 Å². The molecule has 0 bridgehead atoms. The molecule has 1 aliphatic rings. The molecule has 0 unspecified atom stereocenters. The fourth-order valence-electron chi connectivity index (χ4n) is 2.60. The minimum Gasteiger partial charge on any atom is -0.451 e. The number of halogens is 6. The van der Waals surface area contributed by atoms with E-state index < -0.39 is 38.8 Å². The minimum atomic E-state index is -5.01. The van der Waals surface area contributed by atoms with E-state index in [2.05, 4.69) is 56.1 Å². The van der Waals surface area contributed by atoms with E-state index in [1.165, 1.54) is 31.5 Å². The van der Waals surface area contributed by atoms with E-state index in [1.54, 1.807) is 6.07 Å². The summed E-state index contributed by atoms with van der Waals surface area (Å²) in [6.45, 7) is 0. The number of fused-ring (bicyclic) bond motifs is 1.